The predicted molar refractivity (Wildman–Crippen MR) is 76.7 cm³/mol. The van der Waals surface area contributed by atoms with Crippen LogP contribution in [0.5, 0.6) is 0 Å². The van der Waals surface area contributed by atoms with Gasteiger partial charge in [0.25, 0.3) is 0 Å². The van der Waals surface area contributed by atoms with E-state index in [0.29, 0.717) is 27.2 Å². The van der Waals surface area contributed by atoms with Crippen LogP contribution < -0.4 is 5.32 Å². The van der Waals surface area contributed by atoms with Crippen molar-refractivity contribution in [1.82, 2.24) is 0 Å². The molecule has 1 N–H and O–H groups in total. The zero-order chi connectivity index (χ0) is 13.9. The topological polar surface area (TPSA) is 29.1 Å². The first kappa shape index (κ1) is 15.4. The molecule has 2 nitrogen and oxygen atoms in total. The molecule has 0 heterocycles. The third-order valence-corrected chi connectivity index (χ3v) is 2.99. The highest BCUT2D eigenvalue weighted by Crippen LogP contribution is 2.31. The minimum atomic E-state index is -0.676. The molecule has 100 valence electrons. The van der Waals surface area contributed by atoms with Crippen molar-refractivity contribution in [3.05, 3.63) is 27.2 Å². The van der Waals surface area contributed by atoms with Gasteiger partial charge in [-0.25, -0.2) is 4.39 Å². The Kier molecular flexibility index (Phi) is 5.17. The van der Waals surface area contributed by atoms with Gasteiger partial charge in [-0.2, -0.15) is 0 Å². The number of halogens is 3. The summed E-state index contributed by atoms with van der Waals surface area (Å²) in [6.07, 6.45) is 0.352. The molecule has 0 radical (unpaired) electrons. The van der Waals surface area contributed by atoms with Gasteiger partial charge in [0.1, 0.15) is 6.67 Å². The Labute approximate surface area is 120 Å². The van der Waals surface area contributed by atoms with Gasteiger partial charge in [-0.3, -0.25) is 4.79 Å². The van der Waals surface area contributed by atoms with Crippen LogP contribution in [0.15, 0.2) is 16.6 Å². The minimum Gasteiger partial charge on any atom is -0.324 e. The number of hydrogen-bond donors (Lipinski definition) is 1. The molecule has 0 aliphatic heterocycles. The molecular formula is C13H16BrClFNO. The van der Waals surface area contributed by atoms with E-state index in [1.165, 1.54) is 0 Å². The van der Waals surface area contributed by atoms with Gasteiger partial charge in [-0.05, 0) is 17.5 Å². The molecule has 1 amide bonds. The molecule has 0 saturated carbocycles. The van der Waals surface area contributed by atoms with Crippen molar-refractivity contribution >= 4 is 39.1 Å². The lowest BCUT2D eigenvalue weighted by molar-refractivity contribution is -0.117. The fourth-order valence-electron chi connectivity index (χ4n) is 1.54. The van der Waals surface area contributed by atoms with Crippen molar-refractivity contribution in [2.75, 3.05) is 5.32 Å². The number of carbonyl (C=O) groups is 1. The molecule has 0 aliphatic carbocycles. The molecule has 1 aromatic rings. The van der Waals surface area contributed by atoms with E-state index < -0.39 is 6.67 Å². The van der Waals surface area contributed by atoms with Gasteiger partial charge in [-0.15, -0.1) is 0 Å². The largest absolute Gasteiger partial charge is 0.324 e. The van der Waals surface area contributed by atoms with E-state index in [1.54, 1.807) is 12.1 Å². The molecule has 0 saturated heterocycles. The van der Waals surface area contributed by atoms with Crippen LogP contribution in [0.2, 0.25) is 5.02 Å². The summed E-state index contributed by atoms with van der Waals surface area (Å²) in [5.41, 5.74) is 0.607. The standard InChI is InChI=1S/C13H16BrClFNO/c1-13(2,3)6-11(18)17-12-8(7-16)4-9(14)5-10(12)15/h4-5H,6-7H2,1-3H3,(H,17,18). The fraction of sp³-hybridized carbons (Fsp3) is 0.462. The van der Waals surface area contributed by atoms with E-state index in [2.05, 4.69) is 21.2 Å². The lowest BCUT2D eigenvalue weighted by Gasteiger charge is -2.18. The zero-order valence-corrected chi connectivity index (χ0v) is 13.0. The summed E-state index contributed by atoms with van der Waals surface area (Å²) in [5, 5.41) is 3.01. The van der Waals surface area contributed by atoms with Crippen LogP contribution in [0.4, 0.5) is 10.1 Å². The molecule has 0 spiro atoms. The number of carbonyl (C=O) groups excluding carboxylic acids is 1. The van der Waals surface area contributed by atoms with Crippen LogP contribution in [0.3, 0.4) is 0 Å². The highest BCUT2D eigenvalue weighted by molar-refractivity contribution is 9.10. The molecule has 0 bridgehead atoms. The second-order valence-corrected chi connectivity index (χ2v) is 6.66. The summed E-state index contributed by atoms with van der Waals surface area (Å²) in [7, 11) is 0. The van der Waals surface area contributed by atoms with Crippen molar-refractivity contribution in [3.63, 3.8) is 0 Å². The van der Waals surface area contributed by atoms with Gasteiger partial charge in [0, 0.05) is 16.5 Å². The van der Waals surface area contributed by atoms with Gasteiger partial charge in [-0.1, -0.05) is 48.3 Å². The number of anilines is 1. The average molecular weight is 337 g/mol. The third kappa shape index (κ3) is 4.58. The van der Waals surface area contributed by atoms with Crippen molar-refractivity contribution in [2.24, 2.45) is 5.41 Å². The molecule has 0 fully saturated rings. The molecule has 0 atom stereocenters. The van der Waals surface area contributed by atoms with E-state index in [0.717, 1.165) is 0 Å². The van der Waals surface area contributed by atoms with Crippen LogP contribution in [-0.4, -0.2) is 5.91 Å². The maximum atomic E-state index is 12.9. The van der Waals surface area contributed by atoms with Crippen molar-refractivity contribution in [1.29, 1.82) is 0 Å². The second kappa shape index (κ2) is 6.02. The third-order valence-electron chi connectivity index (χ3n) is 2.24. The Bertz CT molecular complexity index is 457. The van der Waals surface area contributed by atoms with E-state index in [9.17, 15) is 9.18 Å². The highest BCUT2D eigenvalue weighted by Gasteiger charge is 2.18. The smallest absolute Gasteiger partial charge is 0.224 e. The lowest BCUT2D eigenvalue weighted by Crippen LogP contribution is -2.20. The first-order valence-electron chi connectivity index (χ1n) is 5.56. The maximum absolute atomic E-state index is 12.9. The van der Waals surface area contributed by atoms with Gasteiger partial charge < -0.3 is 5.32 Å². The number of rotatable bonds is 3. The van der Waals surface area contributed by atoms with Crippen molar-refractivity contribution in [3.8, 4) is 0 Å². The predicted octanol–water partition coefficient (Wildman–Crippen LogP) is 4.95. The molecule has 0 unspecified atom stereocenters. The summed E-state index contributed by atoms with van der Waals surface area (Å²) >= 11 is 9.26. The normalized spacial score (nSPS) is 11.4. The number of hydrogen-bond acceptors (Lipinski definition) is 1. The first-order chi connectivity index (χ1) is 8.23. The number of alkyl halides is 1. The Hall–Kier alpha value is -0.610. The molecule has 5 heteroatoms. The first-order valence-corrected chi connectivity index (χ1v) is 6.74. The quantitative estimate of drug-likeness (QED) is 0.831. The summed E-state index contributed by atoms with van der Waals surface area (Å²) in [4.78, 5) is 11.8. The molecular weight excluding hydrogens is 321 g/mol. The molecule has 0 aliphatic rings. The van der Waals surface area contributed by atoms with E-state index in [4.69, 9.17) is 11.6 Å². The van der Waals surface area contributed by atoms with Gasteiger partial charge >= 0.3 is 0 Å². The van der Waals surface area contributed by atoms with E-state index in [-0.39, 0.29) is 11.3 Å². The van der Waals surface area contributed by atoms with Gasteiger partial charge in [0.15, 0.2) is 0 Å². The van der Waals surface area contributed by atoms with Crippen LogP contribution in [0.25, 0.3) is 0 Å². The SMILES string of the molecule is CC(C)(C)CC(=O)Nc1c(Cl)cc(Br)cc1CF. The Balaban J connectivity index is 2.94. The lowest BCUT2D eigenvalue weighted by atomic mass is 9.92. The van der Waals surface area contributed by atoms with Crippen LogP contribution in [-0.2, 0) is 11.5 Å². The summed E-state index contributed by atoms with van der Waals surface area (Å²) < 4.78 is 13.6. The van der Waals surface area contributed by atoms with Gasteiger partial charge in [0.05, 0.1) is 10.7 Å². The fourth-order valence-corrected chi connectivity index (χ4v) is 2.46. The Morgan fingerprint density at radius 1 is 1.44 bits per heavy atom. The van der Waals surface area contributed by atoms with E-state index in [1.807, 2.05) is 20.8 Å². The highest BCUT2D eigenvalue weighted by atomic mass is 79.9. The molecule has 0 aromatic heterocycles. The average Bonchev–Trinajstić information content (AvgIpc) is 2.18. The van der Waals surface area contributed by atoms with Crippen LogP contribution in [0, 0.1) is 5.41 Å². The zero-order valence-electron chi connectivity index (χ0n) is 10.6. The number of benzene rings is 1. The summed E-state index contributed by atoms with van der Waals surface area (Å²) in [5.74, 6) is -0.165. The second-order valence-electron chi connectivity index (χ2n) is 5.34. The summed E-state index contributed by atoms with van der Waals surface area (Å²) in [6.45, 7) is 5.22. The Morgan fingerprint density at radius 2 is 2.06 bits per heavy atom. The summed E-state index contributed by atoms with van der Waals surface area (Å²) in [6, 6.07) is 3.24. The van der Waals surface area contributed by atoms with Crippen molar-refractivity contribution < 1.29 is 9.18 Å². The van der Waals surface area contributed by atoms with Crippen molar-refractivity contribution in [2.45, 2.75) is 33.9 Å². The minimum absolute atomic E-state index is 0.123. The number of nitrogens with one attached hydrogen (secondary N) is 1. The van der Waals surface area contributed by atoms with Crippen LogP contribution >= 0.6 is 27.5 Å². The molecule has 1 aromatic carbocycles. The van der Waals surface area contributed by atoms with E-state index >= 15 is 0 Å². The van der Waals surface area contributed by atoms with Gasteiger partial charge in [0.2, 0.25) is 5.91 Å². The Morgan fingerprint density at radius 3 is 2.56 bits per heavy atom. The number of amides is 1. The molecule has 1 rings (SSSR count). The monoisotopic (exact) mass is 335 g/mol. The van der Waals surface area contributed by atoms with Crippen LogP contribution in [0.1, 0.15) is 32.8 Å². The maximum Gasteiger partial charge on any atom is 0.224 e. The molecule has 18 heavy (non-hydrogen) atoms.